The van der Waals surface area contributed by atoms with Crippen LogP contribution in [0, 0.1) is 0 Å². The summed E-state index contributed by atoms with van der Waals surface area (Å²) in [6, 6.07) is 11.6. The summed E-state index contributed by atoms with van der Waals surface area (Å²) in [7, 11) is -4.11. The van der Waals surface area contributed by atoms with E-state index < -0.39 is 25.3 Å². The summed E-state index contributed by atoms with van der Waals surface area (Å²) in [6.07, 6.45) is 0. The van der Waals surface area contributed by atoms with Crippen LogP contribution in [0.1, 0.15) is 10.4 Å². The topological polar surface area (TPSA) is 63.2 Å². The third kappa shape index (κ3) is 4.23. The number of carbonyl (C=O) groups is 1. The number of rotatable bonds is 4. The van der Waals surface area contributed by atoms with Gasteiger partial charge in [-0.1, -0.05) is 64.6 Å². The van der Waals surface area contributed by atoms with Gasteiger partial charge in [0.15, 0.2) is 5.03 Å². The van der Waals surface area contributed by atoms with E-state index in [1.807, 2.05) is 0 Å². The van der Waals surface area contributed by atoms with Crippen molar-refractivity contribution in [1.29, 1.82) is 0 Å². The molecule has 9 heteroatoms. The third-order valence-corrected chi connectivity index (χ3v) is 5.78. The van der Waals surface area contributed by atoms with Crippen molar-refractivity contribution in [2.24, 2.45) is 0 Å². The minimum atomic E-state index is -4.11. The lowest BCUT2D eigenvalue weighted by molar-refractivity contribution is 0.0968. The summed E-state index contributed by atoms with van der Waals surface area (Å²) >= 11 is 23.1. The van der Waals surface area contributed by atoms with Crippen molar-refractivity contribution in [3.8, 4) is 0 Å². The molecule has 1 amide bonds. The van der Waals surface area contributed by atoms with Gasteiger partial charge in [0.2, 0.25) is 9.84 Å². The molecule has 0 saturated carbocycles. The van der Waals surface area contributed by atoms with Crippen LogP contribution in [-0.2, 0) is 9.84 Å². The van der Waals surface area contributed by atoms with Crippen molar-refractivity contribution in [2.75, 3.05) is 0 Å². The van der Waals surface area contributed by atoms with E-state index in [9.17, 15) is 13.2 Å². The second kappa shape index (κ2) is 7.76. The number of halogens is 4. The second-order valence-electron chi connectivity index (χ2n) is 4.48. The monoisotopic (exact) mass is 423 g/mol. The van der Waals surface area contributed by atoms with Gasteiger partial charge in [0.25, 0.3) is 5.91 Å². The lowest BCUT2D eigenvalue weighted by atomic mass is 10.2. The van der Waals surface area contributed by atoms with Crippen molar-refractivity contribution < 1.29 is 13.2 Å². The van der Waals surface area contributed by atoms with E-state index in [2.05, 4.69) is 5.32 Å². The molecule has 0 aromatic heterocycles. The zero-order valence-electron chi connectivity index (χ0n) is 11.8. The van der Waals surface area contributed by atoms with Crippen molar-refractivity contribution in [1.82, 2.24) is 5.32 Å². The summed E-state index contributed by atoms with van der Waals surface area (Å²) in [5.41, 5.74) is 0.0245. The van der Waals surface area contributed by atoms with E-state index in [-0.39, 0.29) is 15.5 Å². The maximum Gasteiger partial charge on any atom is 0.257 e. The predicted octanol–water partition coefficient (Wildman–Crippen LogP) is 4.80. The van der Waals surface area contributed by atoms with E-state index in [0.717, 1.165) is 0 Å². The Hall–Kier alpha value is -1.24. The minimum absolute atomic E-state index is 0.0245. The molecule has 0 spiro atoms. The molecule has 0 bridgehead atoms. The standard InChI is InChI=1S/C15H9Cl4NO3S/c16-9-6-7-11(12(17)8-9)14(21)20-15(13(18)19)24(22,23)10-4-2-1-3-5-10/h1-8H,(H,20,21). The van der Waals surface area contributed by atoms with Crippen LogP contribution in [0.2, 0.25) is 10.0 Å². The molecule has 4 nitrogen and oxygen atoms in total. The average molecular weight is 425 g/mol. The van der Waals surface area contributed by atoms with Crippen LogP contribution in [0.25, 0.3) is 0 Å². The summed E-state index contributed by atoms with van der Waals surface area (Å²) in [6.45, 7) is 0. The van der Waals surface area contributed by atoms with Gasteiger partial charge in [0, 0.05) is 5.02 Å². The molecule has 0 aliphatic carbocycles. The SMILES string of the molecule is O=C(NC(=C(Cl)Cl)S(=O)(=O)c1ccccc1)c1ccc(Cl)cc1Cl. The first-order valence-corrected chi connectivity index (χ1v) is 9.35. The van der Waals surface area contributed by atoms with Gasteiger partial charge in [-0.05, 0) is 30.3 Å². The van der Waals surface area contributed by atoms with Gasteiger partial charge in [0.05, 0.1) is 15.5 Å². The number of nitrogens with one attached hydrogen (secondary N) is 1. The number of hydrogen-bond donors (Lipinski definition) is 1. The number of carbonyl (C=O) groups excluding carboxylic acids is 1. The smallest absolute Gasteiger partial charge is 0.257 e. The molecule has 0 saturated heterocycles. The van der Waals surface area contributed by atoms with Crippen molar-refractivity contribution in [2.45, 2.75) is 4.90 Å². The molecule has 2 rings (SSSR count). The lowest BCUT2D eigenvalue weighted by Crippen LogP contribution is -2.28. The summed E-state index contributed by atoms with van der Waals surface area (Å²) < 4.78 is 24.6. The van der Waals surface area contributed by atoms with E-state index >= 15 is 0 Å². The first kappa shape index (κ1) is 19.1. The highest BCUT2D eigenvalue weighted by molar-refractivity contribution is 7.95. The van der Waals surface area contributed by atoms with E-state index in [1.54, 1.807) is 6.07 Å². The molecule has 0 unspecified atom stereocenters. The molecule has 0 atom stereocenters. The van der Waals surface area contributed by atoms with Gasteiger partial charge in [-0.15, -0.1) is 0 Å². The Labute approximate surface area is 158 Å². The largest absolute Gasteiger partial charge is 0.310 e. The third-order valence-electron chi connectivity index (χ3n) is 2.90. The Morgan fingerprint density at radius 2 is 1.58 bits per heavy atom. The van der Waals surface area contributed by atoms with Gasteiger partial charge in [-0.25, -0.2) is 8.42 Å². The minimum Gasteiger partial charge on any atom is -0.310 e. The van der Waals surface area contributed by atoms with Crippen LogP contribution >= 0.6 is 46.4 Å². The maximum absolute atomic E-state index is 12.6. The van der Waals surface area contributed by atoms with Crippen molar-refractivity contribution in [3.05, 3.63) is 73.7 Å². The molecule has 0 heterocycles. The fourth-order valence-corrected chi connectivity index (χ4v) is 4.16. The Morgan fingerprint density at radius 3 is 2.12 bits per heavy atom. The van der Waals surface area contributed by atoms with E-state index in [1.165, 1.54) is 42.5 Å². The molecule has 2 aromatic carbocycles. The normalized spacial score (nSPS) is 11.0. The van der Waals surface area contributed by atoms with Gasteiger partial charge in [-0.2, -0.15) is 0 Å². The van der Waals surface area contributed by atoms with Crippen molar-refractivity contribution in [3.63, 3.8) is 0 Å². The van der Waals surface area contributed by atoms with Crippen LogP contribution in [0.4, 0.5) is 0 Å². The fourth-order valence-electron chi connectivity index (χ4n) is 1.78. The van der Waals surface area contributed by atoms with Gasteiger partial charge >= 0.3 is 0 Å². The summed E-state index contributed by atoms with van der Waals surface area (Å²) in [5, 5.41) is 1.95. The van der Waals surface area contributed by atoms with Crippen molar-refractivity contribution >= 4 is 62.1 Å². The Morgan fingerprint density at radius 1 is 0.958 bits per heavy atom. The first-order chi connectivity index (χ1) is 11.2. The molecular weight excluding hydrogens is 416 g/mol. The van der Waals surface area contributed by atoms with E-state index in [0.29, 0.717) is 5.02 Å². The van der Waals surface area contributed by atoms with E-state index in [4.69, 9.17) is 46.4 Å². The van der Waals surface area contributed by atoms with Crippen LogP contribution in [-0.4, -0.2) is 14.3 Å². The molecule has 0 aliphatic heterocycles. The predicted molar refractivity (Wildman–Crippen MR) is 96.3 cm³/mol. The van der Waals surface area contributed by atoms with Gasteiger partial charge < -0.3 is 5.32 Å². The Kier molecular flexibility index (Phi) is 6.17. The molecule has 0 radical (unpaired) electrons. The molecular formula is C15H9Cl4NO3S. The highest BCUT2D eigenvalue weighted by Gasteiger charge is 2.26. The Bertz CT molecular complexity index is 908. The molecule has 126 valence electrons. The number of benzene rings is 2. The Balaban J connectivity index is 2.41. The number of sulfone groups is 1. The lowest BCUT2D eigenvalue weighted by Gasteiger charge is -2.12. The highest BCUT2D eigenvalue weighted by Crippen LogP contribution is 2.26. The molecule has 0 aliphatic rings. The fraction of sp³-hybridized carbons (Fsp3) is 0. The first-order valence-electron chi connectivity index (χ1n) is 6.35. The zero-order valence-corrected chi connectivity index (χ0v) is 15.6. The maximum atomic E-state index is 12.6. The van der Waals surface area contributed by atoms with Crippen LogP contribution in [0.15, 0.2) is 62.9 Å². The number of amides is 1. The average Bonchev–Trinajstić information content (AvgIpc) is 2.52. The summed E-state index contributed by atoms with van der Waals surface area (Å²) in [4.78, 5) is 12.2. The molecule has 1 N–H and O–H groups in total. The van der Waals surface area contributed by atoms with Crippen LogP contribution < -0.4 is 5.32 Å². The molecule has 24 heavy (non-hydrogen) atoms. The van der Waals surface area contributed by atoms with Gasteiger partial charge in [0.1, 0.15) is 4.49 Å². The second-order valence-corrected chi connectivity index (χ2v) is 8.16. The molecule has 2 aromatic rings. The summed E-state index contributed by atoms with van der Waals surface area (Å²) in [5.74, 6) is -0.787. The van der Waals surface area contributed by atoms with Crippen LogP contribution in [0.5, 0.6) is 0 Å². The van der Waals surface area contributed by atoms with Gasteiger partial charge in [-0.3, -0.25) is 4.79 Å². The molecule has 0 fully saturated rings. The quantitative estimate of drug-likeness (QED) is 0.766. The van der Waals surface area contributed by atoms with Crippen LogP contribution in [0.3, 0.4) is 0 Å². The highest BCUT2D eigenvalue weighted by atomic mass is 35.5. The zero-order chi connectivity index (χ0) is 17.9. The number of hydrogen-bond acceptors (Lipinski definition) is 3.